The first-order chi connectivity index (χ1) is 5.20. The average molecular weight is 166 g/mol. The quantitative estimate of drug-likeness (QED) is 0.582. The summed E-state index contributed by atoms with van der Waals surface area (Å²) in [5, 5.41) is 10.9. The summed E-state index contributed by atoms with van der Waals surface area (Å²) in [6.07, 6.45) is -0.531. The van der Waals surface area contributed by atoms with Gasteiger partial charge in [-0.1, -0.05) is 11.8 Å². The van der Waals surface area contributed by atoms with Crippen LogP contribution in [-0.4, -0.2) is 11.2 Å². The maximum atomic E-state index is 8.87. The molecule has 2 heteroatoms. The molecule has 0 spiro atoms. The van der Waals surface area contributed by atoms with Crippen LogP contribution in [-0.2, 0) is 0 Å². The highest BCUT2D eigenvalue weighted by Crippen LogP contribution is 2.13. The van der Waals surface area contributed by atoms with Gasteiger partial charge in [0.1, 0.15) is 6.10 Å². The average Bonchev–Trinajstić information content (AvgIpc) is 2.31. The molecule has 0 aliphatic rings. The predicted molar refractivity (Wildman–Crippen MR) is 47.6 cm³/mol. The number of hydrogen-bond donors (Lipinski definition) is 1. The van der Waals surface area contributed by atoms with E-state index >= 15 is 0 Å². The standard InChI is InChI=1S/C9H10OS/c1-7-5-6-11-9(7)4-3-8(2)10/h5-6,8,10H,1-2H3. The van der Waals surface area contributed by atoms with Crippen molar-refractivity contribution in [2.24, 2.45) is 0 Å². The summed E-state index contributed by atoms with van der Waals surface area (Å²) in [5.74, 6) is 5.62. The van der Waals surface area contributed by atoms with Gasteiger partial charge in [0.25, 0.3) is 0 Å². The SMILES string of the molecule is Cc1ccsc1C#CC(C)O. The van der Waals surface area contributed by atoms with E-state index in [-0.39, 0.29) is 0 Å². The first-order valence-electron chi connectivity index (χ1n) is 3.44. The Morgan fingerprint density at radius 1 is 1.64 bits per heavy atom. The molecular weight excluding hydrogens is 156 g/mol. The molecule has 1 atom stereocenters. The van der Waals surface area contributed by atoms with Crippen LogP contribution in [0.15, 0.2) is 11.4 Å². The molecule has 0 bridgehead atoms. The Hall–Kier alpha value is -0.780. The molecule has 11 heavy (non-hydrogen) atoms. The fraction of sp³-hybridized carbons (Fsp3) is 0.333. The van der Waals surface area contributed by atoms with Crippen molar-refractivity contribution < 1.29 is 5.11 Å². The van der Waals surface area contributed by atoms with Crippen LogP contribution in [0.1, 0.15) is 17.4 Å². The van der Waals surface area contributed by atoms with E-state index < -0.39 is 6.10 Å². The van der Waals surface area contributed by atoms with E-state index in [4.69, 9.17) is 5.11 Å². The number of aliphatic hydroxyl groups excluding tert-OH is 1. The lowest BCUT2D eigenvalue weighted by Gasteiger charge is -1.87. The Kier molecular flexibility index (Phi) is 2.70. The minimum Gasteiger partial charge on any atom is -0.381 e. The van der Waals surface area contributed by atoms with Gasteiger partial charge in [-0.25, -0.2) is 0 Å². The number of rotatable bonds is 0. The lowest BCUT2D eigenvalue weighted by atomic mass is 10.3. The van der Waals surface area contributed by atoms with Crippen LogP contribution >= 0.6 is 11.3 Å². The zero-order valence-electron chi connectivity index (χ0n) is 6.59. The van der Waals surface area contributed by atoms with E-state index in [9.17, 15) is 0 Å². The monoisotopic (exact) mass is 166 g/mol. The van der Waals surface area contributed by atoms with Crippen LogP contribution in [0, 0.1) is 18.8 Å². The van der Waals surface area contributed by atoms with Crippen molar-refractivity contribution >= 4 is 11.3 Å². The van der Waals surface area contributed by atoms with E-state index in [1.807, 2.05) is 18.4 Å². The number of thiophene rings is 1. The molecule has 1 N–H and O–H groups in total. The summed E-state index contributed by atoms with van der Waals surface area (Å²) in [5.41, 5.74) is 1.18. The third-order valence-electron chi connectivity index (χ3n) is 1.26. The molecule has 1 unspecified atom stereocenters. The van der Waals surface area contributed by atoms with Gasteiger partial charge in [0.05, 0.1) is 4.88 Å². The maximum Gasteiger partial charge on any atom is 0.112 e. The molecule has 1 heterocycles. The van der Waals surface area contributed by atoms with Crippen LogP contribution < -0.4 is 0 Å². The Balaban J connectivity index is 2.81. The molecule has 0 aliphatic heterocycles. The van der Waals surface area contributed by atoms with E-state index in [0.717, 1.165) is 4.88 Å². The molecule has 0 amide bonds. The summed E-state index contributed by atoms with van der Waals surface area (Å²) in [6, 6.07) is 2.02. The van der Waals surface area contributed by atoms with Crippen LogP contribution in [0.25, 0.3) is 0 Å². The molecule has 0 saturated heterocycles. The van der Waals surface area contributed by atoms with Crippen molar-refractivity contribution in [2.45, 2.75) is 20.0 Å². The molecular formula is C9H10OS. The normalized spacial score (nSPS) is 11.9. The Morgan fingerprint density at radius 2 is 2.36 bits per heavy atom. The molecule has 0 radical (unpaired) electrons. The summed E-state index contributed by atoms with van der Waals surface area (Å²) in [6.45, 7) is 3.68. The maximum absolute atomic E-state index is 8.87. The third kappa shape index (κ3) is 2.38. The van der Waals surface area contributed by atoms with E-state index in [0.29, 0.717) is 0 Å². The van der Waals surface area contributed by atoms with Crippen molar-refractivity contribution in [1.29, 1.82) is 0 Å². The summed E-state index contributed by atoms with van der Waals surface area (Å²) in [7, 11) is 0. The molecule has 0 fully saturated rings. The minimum absolute atomic E-state index is 0.531. The molecule has 1 aromatic rings. The summed E-state index contributed by atoms with van der Waals surface area (Å²) >= 11 is 1.61. The van der Waals surface area contributed by atoms with Gasteiger partial charge in [-0.3, -0.25) is 0 Å². The second kappa shape index (κ2) is 3.56. The number of aryl methyl sites for hydroxylation is 1. The van der Waals surface area contributed by atoms with E-state index in [2.05, 4.69) is 11.8 Å². The van der Waals surface area contributed by atoms with Crippen molar-refractivity contribution in [3.05, 3.63) is 21.9 Å². The highest BCUT2D eigenvalue weighted by atomic mass is 32.1. The zero-order valence-corrected chi connectivity index (χ0v) is 7.40. The first kappa shape index (κ1) is 8.32. The van der Waals surface area contributed by atoms with Crippen LogP contribution in [0.5, 0.6) is 0 Å². The van der Waals surface area contributed by atoms with Gasteiger partial charge < -0.3 is 5.11 Å². The molecule has 58 valence electrons. The summed E-state index contributed by atoms with van der Waals surface area (Å²) in [4.78, 5) is 1.05. The predicted octanol–water partition coefficient (Wildman–Crippen LogP) is 1.79. The fourth-order valence-corrected chi connectivity index (χ4v) is 1.45. The molecule has 1 rings (SSSR count). The molecule has 1 aromatic heterocycles. The zero-order chi connectivity index (χ0) is 8.27. The molecule has 1 nitrogen and oxygen atoms in total. The van der Waals surface area contributed by atoms with Crippen LogP contribution in [0.3, 0.4) is 0 Å². The van der Waals surface area contributed by atoms with Crippen molar-refractivity contribution in [3.63, 3.8) is 0 Å². The van der Waals surface area contributed by atoms with E-state index in [1.54, 1.807) is 18.3 Å². The largest absolute Gasteiger partial charge is 0.381 e. The number of hydrogen-bond acceptors (Lipinski definition) is 2. The Bertz CT molecular complexity index is 288. The topological polar surface area (TPSA) is 20.2 Å². The van der Waals surface area contributed by atoms with Gasteiger partial charge >= 0.3 is 0 Å². The van der Waals surface area contributed by atoms with Crippen molar-refractivity contribution in [3.8, 4) is 11.8 Å². The molecule has 0 aromatic carbocycles. The van der Waals surface area contributed by atoms with Crippen molar-refractivity contribution in [2.75, 3.05) is 0 Å². The lowest BCUT2D eigenvalue weighted by molar-refractivity contribution is 0.253. The van der Waals surface area contributed by atoms with Gasteiger partial charge in [0.2, 0.25) is 0 Å². The van der Waals surface area contributed by atoms with Crippen LogP contribution in [0.4, 0.5) is 0 Å². The second-order valence-corrected chi connectivity index (χ2v) is 3.29. The smallest absolute Gasteiger partial charge is 0.112 e. The van der Waals surface area contributed by atoms with Gasteiger partial charge in [-0.2, -0.15) is 0 Å². The third-order valence-corrected chi connectivity index (χ3v) is 2.19. The van der Waals surface area contributed by atoms with E-state index in [1.165, 1.54) is 5.56 Å². The minimum atomic E-state index is -0.531. The van der Waals surface area contributed by atoms with Crippen LogP contribution in [0.2, 0.25) is 0 Å². The number of aliphatic hydroxyl groups is 1. The van der Waals surface area contributed by atoms with Gasteiger partial charge in [0.15, 0.2) is 0 Å². The van der Waals surface area contributed by atoms with Gasteiger partial charge in [0, 0.05) is 0 Å². The van der Waals surface area contributed by atoms with Gasteiger partial charge in [-0.15, -0.1) is 11.3 Å². The fourth-order valence-electron chi connectivity index (χ4n) is 0.671. The lowest BCUT2D eigenvalue weighted by Crippen LogP contribution is -1.92. The van der Waals surface area contributed by atoms with Crippen molar-refractivity contribution in [1.82, 2.24) is 0 Å². The highest BCUT2D eigenvalue weighted by Gasteiger charge is 1.93. The Labute approximate surface area is 70.7 Å². The molecule has 0 aliphatic carbocycles. The first-order valence-corrected chi connectivity index (χ1v) is 4.32. The second-order valence-electron chi connectivity index (χ2n) is 2.38. The Morgan fingerprint density at radius 3 is 2.82 bits per heavy atom. The highest BCUT2D eigenvalue weighted by molar-refractivity contribution is 7.10. The van der Waals surface area contributed by atoms with Gasteiger partial charge in [-0.05, 0) is 30.9 Å². The molecule has 0 saturated carbocycles. The summed E-state index contributed by atoms with van der Waals surface area (Å²) < 4.78 is 0.